The summed E-state index contributed by atoms with van der Waals surface area (Å²) in [4.78, 5) is 1.06. The van der Waals surface area contributed by atoms with E-state index < -0.39 is 0 Å². The molecule has 0 saturated carbocycles. The number of benzene rings is 1. The molecule has 1 nitrogen and oxygen atoms in total. The predicted octanol–water partition coefficient (Wildman–Crippen LogP) is 1.82. The molecule has 0 atom stereocenters. The molecule has 0 radical (unpaired) electrons. The highest BCUT2D eigenvalue weighted by molar-refractivity contribution is 7.80. The molecule has 0 unspecified atom stereocenters. The van der Waals surface area contributed by atoms with Crippen LogP contribution in [0.25, 0.3) is 0 Å². The normalized spacial score (nSPS) is 9.75. The molecule has 1 aromatic carbocycles. The Morgan fingerprint density at radius 3 is 2.58 bits per heavy atom. The van der Waals surface area contributed by atoms with E-state index in [2.05, 4.69) is 17.4 Å². The van der Waals surface area contributed by atoms with Gasteiger partial charge in [0.05, 0.1) is 0 Å². The Labute approximate surface area is 78.8 Å². The Hall–Kier alpha value is -0.730. The lowest BCUT2D eigenvalue weighted by molar-refractivity contribution is 0.944. The molecule has 0 saturated heterocycles. The number of hydrogen-bond donors (Lipinski definition) is 1. The van der Waals surface area contributed by atoms with Crippen molar-refractivity contribution in [2.75, 3.05) is 13.6 Å². The minimum atomic E-state index is 0.824. The molecule has 1 aromatic rings. The quantitative estimate of drug-likeness (QED) is 0.708. The van der Waals surface area contributed by atoms with Crippen LogP contribution in [0, 0.1) is 0 Å². The van der Waals surface area contributed by atoms with Crippen LogP contribution in [0.1, 0.15) is 5.56 Å². The SMILES string of the molecule is CNCC(=S)Cc1ccccc1. The van der Waals surface area contributed by atoms with Crippen molar-refractivity contribution in [2.24, 2.45) is 0 Å². The van der Waals surface area contributed by atoms with Crippen LogP contribution in [0.2, 0.25) is 0 Å². The van der Waals surface area contributed by atoms with Crippen molar-refractivity contribution in [1.82, 2.24) is 5.32 Å². The first-order chi connectivity index (χ1) is 5.83. The summed E-state index contributed by atoms with van der Waals surface area (Å²) in [7, 11) is 1.91. The van der Waals surface area contributed by atoms with Crippen molar-refractivity contribution in [3.63, 3.8) is 0 Å². The molecule has 2 heteroatoms. The summed E-state index contributed by atoms with van der Waals surface area (Å²) in [6, 6.07) is 10.3. The summed E-state index contributed by atoms with van der Waals surface area (Å²) in [5.74, 6) is 0. The zero-order valence-corrected chi connectivity index (χ0v) is 8.03. The molecule has 0 bridgehead atoms. The second-order valence-electron chi connectivity index (χ2n) is 2.73. The van der Waals surface area contributed by atoms with Gasteiger partial charge in [-0.3, -0.25) is 0 Å². The van der Waals surface area contributed by atoms with E-state index in [1.807, 2.05) is 25.2 Å². The highest BCUT2D eigenvalue weighted by atomic mass is 32.1. The van der Waals surface area contributed by atoms with Crippen LogP contribution in [-0.2, 0) is 6.42 Å². The van der Waals surface area contributed by atoms with E-state index in [0.29, 0.717) is 0 Å². The third-order valence-electron chi connectivity index (χ3n) is 1.62. The van der Waals surface area contributed by atoms with E-state index in [1.165, 1.54) is 5.56 Å². The Balaban J connectivity index is 2.47. The minimum Gasteiger partial charge on any atom is -0.315 e. The zero-order valence-electron chi connectivity index (χ0n) is 7.21. The van der Waals surface area contributed by atoms with Crippen molar-refractivity contribution < 1.29 is 0 Å². The summed E-state index contributed by atoms with van der Waals surface area (Å²) in [6.45, 7) is 0.824. The van der Waals surface area contributed by atoms with Crippen LogP contribution in [0.4, 0.5) is 0 Å². The van der Waals surface area contributed by atoms with E-state index in [9.17, 15) is 0 Å². The van der Waals surface area contributed by atoms with Gasteiger partial charge in [-0.05, 0) is 12.6 Å². The molecule has 0 spiro atoms. The van der Waals surface area contributed by atoms with E-state index in [1.54, 1.807) is 0 Å². The molecule has 64 valence electrons. The second-order valence-corrected chi connectivity index (χ2v) is 3.31. The summed E-state index contributed by atoms with van der Waals surface area (Å²) in [5.41, 5.74) is 1.29. The third kappa shape index (κ3) is 3.11. The lowest BCUT2D eigenvalue weighted by Gasteiger charge is -2.01. The maximum absolute atomic E-state index is 5.17. The fraction of sp³-hybridized carbons (Fsp3) is 0.300. The molecule has 0 aliphatic carbocycles. The van der Waals surface area contributed by atoms with E-state index in [4.69, 9.17) is 12.2 Å². The standard InChI is InChI=1S/C10H13NS/c1-11-8-10(12)7-9-5-3-2-4-6-9/h2-6,11H,7-8H2,1H3. The molecule has 0 fully saturated rings. The first-order valence-corrected chi connectivity index (χ1v) is 4.44. The Bertz CT molecular complexity index is 243. The molecule has 0 aliphatic rings. The van der Waals surface area contributed by atoms with E-state index in [-0.39, 0.29) is 0 Å². The van der Waals surface area contributed by atoms with Crippen LogP contribution < -0.4 is 5.32 Å². The minimum absolute atomic E-state index is 0.824. The molecule has 1 rings (SSSR count). The molecule has 0 aromatic heterocycles. The van der Waals surface area contributed by atoms with Crippen molar-refractivity contribution in [2.45, 2.75) is 6.42 Å². The predicted molar refractivity (Wildman–Crippen MR) is 56.7 cm³/mol. The summed E-state index contributed by atoms with van der Waals surface area (Å²) in [5, 5.41) is 3.05. The maximum Gasteiger partial charge on any atom is 0.0269 e. The highest BCUT2D eigenvalue weighted by Crippen LogP contribution is 2.00. The fourth-order valence-corrected chi connectivity index (χ4v) is 1.39. The number of thiocarbonyl (C=S) groups is 1. The Morgan fingerprint density at radius 1 is 1.33 bits per heavy atom. The first kappa shape index (κ1) is 9.36. The van der Waals surface area contributed by atoms with Gasteiger partial charge < -0.3 is 5.32 Å². The van der Waals surface area contributed by atoms with E-state index in [0.717, 1.165) is 17.8 Å². The number of nitrogens with one attached hydrogen (secondary N) is 1. The number of rotatable bonds is 4. The van der Waals surface area contributed by atoms with Crippen LogP contribution in [0.5, 0.6) is 0 Å². The topological polar surface area (TPSA) is 12.0 Å². The van der Waals surface area contributed by atoms with Crippen LogP contribution >= 0.6 is 12.2 Å². The van der Waals surface area contributed by atoms with Gasteiger partial charge in [-0.2, -0.15) is 0 Å². The molecule has 0 aliphatic heterocycles. The molecular weight excluding hydrogens is 166 g/mol. The Kier molecular flexibility index (Phi) is 3.91. The summed E-state index contributed by atoms with van der Waals surface area (Å²) >= 11 is 5.17. The first-order valence-electron chi connectivity index (χ1n) is 4.03. The zero-order chi connectivity index (χ0) is 8.81. The Morgan fingerprint density at radius 2 is 2.00 bits per heavy atom. The van der Waals surface area contributed by atoms with Gasteiger partial charge in [-0.15, -0.1) is 0 Å². The molecule has 0 heterocycles. The van der Waals surface area contributed by atoms with Crippen LogP contribution in [-0.4, -0.2) is 18.5 Å². The smallest absolute Gasteiger partial charge is 0.0269 e. The average Bonchev–Trinajstić information content (AvgIpc) is 2.06. The van der Waals surface area contributed by atoms with Gasteiger partial charge in [-0.1, -0.05) is 42.5 Å². The largest absolute Gasteiger partial charge is 0.315 e. The second kappa shape index (κ2) is 5.01. The summed E-state index contributed by atoms with van der Waals surface area (Å²) < 4.78 is 0. The third-order valence-corrected chi connectivity index (χ3v) is 1.91. The van der Waals surface area contributed by atoms with Crippen molar-refractivity contribution in [3.8, 4) is 0 Å². The molecular formula is C10H13NS. The van der Waals surface area contributed by atoms with Gasteiger partial charge in [0, 0.05) is 17.8 Å². The molecule has 12 heavy (non-hydrogen) atoms. The van der Waals surface area contributed by atoms with Gasteiger partial charge in [0.15, 0.2) is 0 Å². The van der Waals surface area contributed by atoms with E-state index >= 15 is 0 Å². The van der Waals surface area contributed by atoms with Gasteiger partial charge in [0.2, 0.25) is 0 Å². The van der Waals surface area contributed by atoms with Crippen LogP contribution in [0.15, 0.2) is 30.3 Å². The van der Waals surface area contributed by atoms with Crippen molar-refractivity contribution >= 4 is 17.1 Å². The summed E-state index contributed by atoms with van der Waals surface area (Å²) in [6.07, 6.45) is 0.900. The average molecular weight is 179 g/mol. The van der Waals surface area contributed by atoms with Gasteiger partial charge in [-0.25, -0.2) is 0 Å². The van der Waals surface area contributed by atoms with Gasteiger partial charge >= 0.3 is 0 Å². The maximum atomic E-state index is 5.17. The number of hydrogen-bond acceptors (Lipinski definition) is 2. The van der Waals surface area contributed by atoms with Crippen molar-refractivity contribution in [3.05, 3.63) is 35.9 Å². The van der Waals surface area contributed by atoms with Gasteiger partial charge in [0.1, 0.15) is 0 Å². The monoisotopic (exact) mass is 179 g/mol. The molecule has 0 amide bonds. The highest BCUT2D eigenvalue weighted by Gasteiger charge is 1.96. The fourth-order valence-electron chi connectivity index (χ4n) is 1.08. The van der Waals surface area contributed by atoms with Crippen LogP contribution in [0.3, 0.4) is 0 Å². The lowest BCUT2D eigenvalue weighted by Crippen LogP contribution is -2.18. The van der Waals surface area contributed by atoms with Gasteiger partial charge in [0.25, 0.3) is 0 Å². The lowest BCUT2D eigenvalue weighted by atomic mass is 10.1. The molecule has 1 N–H and O–H groups in total. The van der Waals surface area contributed by atoms with Crippen molar-refractivity contribution in [1.29, 1.82) is 0 Å².